The summed E-state index contributed by atoms with van der Waals surface area (Å²) in [6.45, 7) is 2.78. The number of hydrogen-bond acceptors (Lipinski definition) is 3. The average Bonchev–Trinajstić information content (AvgIpc) is 2.75. The van der Waals surface area contributed by atoms with Crippen molar-refractivity contribution in [2.75, 3.05) is 12.8 Å². The molecule has 3 nitrogen and oxygen atoms in total. The van der Waals surface area contributed by atoms with Crippen LogP contribution in [0.5, 0.6) is 0 Å². The Kier molecular flexibility index (Phi) is 5.05. The van der Waals surface area contributed by atoms with Crippen molar-refractivity contribution in [3.63, 3.8) is 0 Å². The van der Waals surface area contributed by atoms with E-state index in [2.05, 4.69) is 12.2 Å². The Morgan fingerprint density at radius 3 is 2.56 bits per heavy atom. The third kappa shape index (κ3) is 2.88. The third-order valence-corrected chi connectivity index (χ3v) is 4.68. The molecule has 0 aromatic rings. The van der Waals surface area contributed by atoms with Crippen molar-refractivity contribution in [1.82, 2.24) is 5.32 Å². The van der Waals surface area contributed by atoms with Crippen molar-refractivity contribution in [1.29, 1.82) is 0 Å². The summed E-state index contributed by atoms with van der Waals surface area (Å²) in [5, 5.41) is 3.39. The van der Waals surface area contributed by atoms with Gasteiger partial charge in [0.05, 0.1) is 10.4 Å². The number of carbonyl (C=O) groups is 1. The summed E-state index contributed by atoms with van der Waals surface area (Å²) in [5.74, 6) is 0.0263. The molecular formula is C11H20N2OS2. The Bertz CT molecular complexity index is 275. The van der Waals surface area contributed by atoms with Gasteiger partial charge >= 0.3 is 0 Å². The SMILES string of the molecule is CSC(C)CNC(=O)C1(C(N)=S)CCCC1. The monoisotopic (exact) mass is 260 g/mol. The fraction of sp³-hybridized carbons (Fsp3) is 0.818. The summed E-state index contributed by atoms with van der Waals surface area (Å²) in [7, 11) is 0. The molecule has 92 valence electrons. The second-order valence-electron chi connectivity index (χ2n) is 4.41. The summed E-state index contributed by atoms with van der Waals surface area (Å²) in [6, 6.07) is 0. The molecule has 0 saturated heterocycles. The van der Waals surface area contributed by atoms with E-state index in [0.717, 1.165) is 25.7 Å². The Morgan fingerprint density at radius 2 is 2.12 bits per heavy atom. The first-order valence-corrected chi connectivity index (χ1v) is 7.33. The van der Waals surface area contributed by atoms with E-state index in [1.807, 2.05) is 6.26 Å². The molecule has 0 spiro atoms. The standard InChI is InChI=1S/C11H20N2OS2/c1-8(16-2)7-13-10(14)11(9(12)15)5-3-4-6-11/h8H,3-7H2,1-2H3,(H2,12,15)(H,13,14). The Hall–Kier alpha value is -0.290. The van der Waals surface area contributed by atoms with Gasteiger partial charge in [-0.15, -0.1) is 0 Å². The lowest BCUT2D eigenvalue weighted by Crippen LogP contribution is -2.48. The zero-order valence-electron chi connectivity index (χ0n) is 9.91. The largest absolute Gasteiger partial charge is 0.392 e. The first-order valence-electron chi connectivity index (χ1n) is 5.64. The number of amides is 1. The number of rotatable bonds is 5. The van der Waals surface area contributed by atoms with Gasteiger partial charge in [0, 0.05) is 11.8 Å². The summed E-state index contributed by atoms with van der Waals surface area (Å²) in [5.41, 5.74) is 5.18. The molecule has 0 heterocycles. The highest BCUT2D eigenvalue weighted by atomic mass is 32.2. The number of carbonyl (C=O) groups excluding carboxylic acids is 1. The average molecular weight is 260 g/mol. The predicted octanol–water partition coefficient (Wildman–Crippen LogP) is 1.70. The molecule has 1 rings (SSSR count). The Morgan fingerprint density at radius 1 is 1.56 bits per heavy atom. The second kappa shape index (κ2) is 5.87. The van der Waals surface area contributed by atoms with Crippen LogP contribution in [0.1, 0.15) is 32.6 Å². The van der Waals surface area contributed by atoms with Gasteiger partial charge in [0.2, 0.25) is 5.91 Å². The summed E-state index contributed by atoms with van der Waals surface area (Å²) in [4.78, 5) is 12.5. The fourth-order valence-electron chi connectivity index (χ4n) is 2.05. The maximum absolute atomic E-state index is 12.1. The predicted molar refractivity (Wildman–Crippen MR) is 73.7 cm³/mol. The highest BCUT2D eigenvalue weighted by Crippen LogP contribution is 2.38. The van der Waals surface area contributed by atoms with Crippen molar-refractivity contribution in [3.05, 3.63) is 0 Å². The molecule has 0 bridgehead atoms. The molecule has 1 aliphatic rings. The van der Waals surface area contributed by atoms with Crippen LogP contribution >= 0.6 is 24.0 Å². The molecule has 3 N–H and O–H groups in total. The van der Waals surface area contributed by atoms with E-state index >= 15 is 0 Å². The molecule has 0 aromatic heterocycles. The van der Waals surface area contributed by atoms with E-state index in [4.69, 9.17) is 18.0 Å². The lowest BCUT2D eigenvalue weighted by Gasteiger charge is -2.26. The van der Waals surface area contributed by atoms with E-state index in [-0.39, 0.29) is 5.91 Å². The molecule has 1 aliphatic carbocycles. The van der Waals surface area contributed by atoms with Crippen molar-refractivity contribution < 1.29 is 4.79 Å². The first kappa shape index (κ1) is 13.8. The molecule has 16 heavy (non-hydrogen) atoms. The molecule has 1 saturated carbocycles. The van der Waals surface area contributed by atoms with Gasteiger partial charge < -0.3 is 11.1 Å². The van der Waals surface area contributed by atoms with Crippen LogP contribution in [-0.2, 0) is 4.79 Å². The van der Waals surface area contributed by atoms with Crippen LogP contribution in [0.3, 0.4) is 0 Å². The lowest BCUT2D eigenvalue weighted by atomic mass is 9.85. The van der Waals surface area contributed by atoms with Gasteiger partial charge in [-0.25, -0.2) is 0 Å². The van der Waals surface area contributed by atoms with E-state index in [0.29, 0.717) is 16.8 Å². The van der Waals surface area contributed by atoms with E-state index < -0.39 is 5.41 Å². The van der Waals surface area contributed by atoms with E-state index in [1.165, 1.54) is 0 Å². The van der Waals surface area contributed by atoms with Crippen LogP contribution in [0.25, 0.3) is 0 Å². The highest BCUT2D eigenvalue weighted by Gasteiger charge is 2.43. The van der Waals surface area contributed by atoms with Gasteiger partial charge in [0.25, 0.3) is 0 Å². The van der Waals surface area contributed by atoms with Gasteiger partial charge in [-0.2, -0.15) is 11.8 Å². The normalized spacial score (nSPS) is 20.4. The van der Waals surface area contributed by atoms with E-state index in [9.17, 15) is 4.79 Å². The van der Waals surface area contributed by atoms with Gasteiger partial charge in [0.15, 0.2) is 0 Å². The maximum Gasteiger partial charge on any atom is 0.233 e. The van der Waals surface area contributed by atoms with Crippen LogP contribution in [0, 0.1) is 5.41 Å². The van der Waals surface area contributed by atoms with Crippen LogP contribution in [0.15, 0.2) is 0 Å². The maximum atomic E-state index is 12.1. The lowest BCUT2D eigenvalue weighted by molar-refractivity contribution is -0.127. The van der Waals surface area contributed by atoms with Crippen LogP contribution in [-0.4, -0.2) is 28.9 Å². The number of hydrogen-bond donors (Lipinski definition) is 2. The smallest absolute Gasteiger partial charge is 0.233 e. The second-order valence-corrected chi connectivity index (χ2v) is 6.13. The molecule has 1 unspecified atom stereocenters. The molecule has 0 aromatic carbocycles. The van der Waals surface area contributed by atoms with E-state index in [1.54, 1.807) is 11.8 Å². The molecule has 1 fully saturated rings. The minimum Gasteiger partial charge on any atom is -0.392 e. The fourth-order valence-corrected chi connectivity index (χ4v) is 2.60. The van der Waals surface area contributed by atoms with Crippen molar-refractivity contribution in [2.24, 2.45) is 11.1 Å². The summed E-state index contributed by atoms with van der Waals surface area (Å²) >= 11 is 6.80. The van der Waals surface area contributed by atoms with Crippen molar-refractivity contribution >= 4 is 34.9 Å². The molecule has 5 heteroatoms. The summed E-state index contributed by atoms with van der Waals surface area (Å²) in [6.07, 6.45) is 5.74. The minimum absolute atomic E-state index is 0.0263. The zero-order chi connectivity index (χ0) is 12.2. The number of nitrogens with one attached hydrogen (secondary N) is 1. The van der Waals surface area contributed by atoms with Crippen molar-refractivity contribution in [3.8, 4) is 0 Å². The molecule has 0 radical (unpaired) electrons. The van der Waals surface area contributed by atoms with Crippen LogP contribution in [0.2, 0.25) is 0 Å². The van der Waals surface area contributed by atoms with Gasteiger partial charge in [-0.05, 0) is 19.1 Å². The first-order chi connectivity index (χ1) is 7.53. The zero-order valence-corrected chi connectivity index (χ0v) is 11.5. The number of thioether (sulfide) groups is 1. The van der Waals surface area contributed by atoms with Gasteiger partial charge in [0.1, 0.15) is 0 Å². The van der Waals surface area contributed by atoms with Gasteiger partial charge in [-0.1, -0.05) is 32.0 Å². The van der Waals surface area contributed by atoms with Crippen molar-refractivity contribution in [2.45, 2.75) is 37.9 Å². The van der Waals surface area contributed by atoms with Crippen LogP contribution < -0.4 is 11.1 Å². The topological polar surface area (TPSA) is 55.1 Å². The molecule has 1 atom stereocenters. The Balaban J connectivity index is 2.59. The highest BCUT2D eigenvalue weighted by molar-refractivity contribution is 7.99. The quantitative estimate of drug-likeness (QED) is 0.739. The Labute approximate surface area is 107 Å². The number of thiocarbonyl (C=S) groups is 1. The molecular weight excluding hydrogens is 240 g/mol. The summed E-state index contributed by atoms with van der Waals surface area (Å²) < 4.78 is 0. The molecule has 1 amide bonds. The van der Waals surface area contributed by atoms with Gasteiger partial charge in [-0.3, -0.25) is 4.79 Å². The number of nitrogens with two attached hydrogens (primary N) is 1. The third-order valence-electron chi connectivity index (χ3n) is 3.32. The van der Waals surface area contributed by atoms with Crippen LogP contribution in [0.4, 0.5) is 0 Å². The minimum atomic E-state index is -0.562. The molecule has 0 aliphatic heterocycles.